The van der Waals surface area contributed by atoms with Gasteiger partial charge in [-0.15, -0.1) is 0 Å². The molecule has 0 aliphatic heterocycles. The molecule has 0 bridgehead atoms. The number of phosphoric acid groups is 1. The van der Waals surface area contributed by atoms with E-state index in [9.17, 15) is 9.67 Å². The molecule has 0 aromatic rings. The van der Waals surface area contributed by atoms with Crippen LogP contribution in [0.1, 0.15) is 97.8 Å². The third-order valence-electron chi connectivity index (χ3n) is 4.83. The van der Waals surface area contributed by atoms with Gasteiger partial charge in [0.25, 0.3) is 0 Å². The Morgan fingerprint density at radius 2 is 1.41 bits per heavy atom. The first kappa shape index (κ1) is 26.8. The Labute approximate surface area is 165 Å². The minimum Gasteiger partial charge on any atom is -0.387 e. The predicted molar refractivity (Wildman–Crippen MR) is 111 cm³/mol. The zero-order valence-electron chi connectivity index (χ0n) is 17.5. The van der Waals surface area contributed by atoms with Crippen LogP contribution in [0.5, 0.6) is 0 Å². The third kappa shape index (κ3) is 15.4. The zero-order valence-corrected chi connectivity index (χ0v) is 18.4. The molecule has 27 heavy (non-hydrogen) atoms. The lowest BCUT2D eigenvalue weighted by atomic mass is 9.94. The number of unbranched alkanes of at least 4 members (excludes halogenated alkanes) is 11. The standard InChI is InChI=1S/C20H42NO5P/c1-4-5-6-7-8-9-10-11-12-13-14-15-16-17-18(22)19(21)20(2,3)26-27(23,24)25/h16-19,22H,4-15,21H2,1-3H3,(H2,23,24,25). The molecule has 6 nitrogen and oxygen atoms in total. The van der Waals surface area contributed by atoms with Crippen LogP contribution in [0.3, 0.4) is 0 Å². The van der Waals surface area contributed by atoms with E-state index in [-0.39, 0.29) is 0 Å². The van der Waals surface area contributed by atoms with Crippen LogP contribution in [0.4, 0.5) is 0 Å². The Kier molecular flexibility index (Phi) is 14.6. The van der Waals surface area contributed by atoms with Gasteiger partial charge >= 0.3 is 7.82 Å². The van der Waals surface area contributed by atoms with Gasteiger partial charge < -0.3 is 20.6 Å². The van der Waals surface area contributed by atoms with E-state index in [1.165, 1.54) is 78.1 Å². The Morgan fingerprint density at radius 1 is 0.963 bits per heavy atom. The maximum absolute atomic E-state index is 11.0. The normalized spacial score (nSPS) is 15.4. The average molecular weight is 408 g/mol. The molecule has 0 aromatic heterocycles. The van der Waals surface area contributed by atoms with Crippen LogP contribution in [0.2, 0.25) is 0 Å². The molecule has 0 amide bonds. The summed E-state index contributed by atoms with van der Waals surface area (Å²) in [6.45, 7) is 5.15. The Bertz CT molecular complexity index is 436. The van der Waals surface area contributed by atoms with Crippen LogP contribution in [0, 0.1) is 0 Å². The van der Waals surface area contributed by atoms with Crippen LogP contribution in [-0.2, 0) is 9.09 Å². The van der Waals surface area contributed by atoms with Gasteiger partial charge in [0, 0.05) is 0 Å². The summed E-state index contributed by atoms with van der Waals surface area (Å²) in [6.07, 6.45) is 17.5. The summed E-state index contributed by atoms with van der Waals surface area (Å²) in [4.78, 5) is 17.8. The molecule has 0 heterocycles. The molecule has 0 radical (unpaired) electrons. The lowest BCUT2D eigenvalue weighted by Gasteiger charge is -2.33. The van der Waals surface area contributed by atoms with Crippen molar-refractivity contribution >= 4 is 7.82 Å². The molecule has 162 valence electrons. The largest absolute Gasteiger partial charge is 0.470 e. The molecular weight excluding hydrogens is 365 g/mol. The van der Waals surface area contributed by atoms with Gasteiger partial charge in [-0.2, -0.15) is 0 Å². The molecule has 0 rings (SSSR count). The van der Waals surface area contributed by atoms with E-state index in [1.54, 1.807) is 6.08 Å². The summed E-state index contributed by atoms with van der Waals surface area (Å²) >= 11 is 0. The summed E-state index contributed by atoms with van der Waals surface area (Å²) in [5.74, 6) is 0. The van der Waals surface area contributed by atoms with Crippen LogP contribution in [0.25, 0.3) is 0 Å². The van der Waals surface area contributed by atoms with Gasteiger partial charge in [0.2, 0.25) is 0 Å². The van der Waals surface area contributed by atoms with Gasteiger partial charge in [-0.1, -0.05) is 83.3 Å². The van der Waals surface area contributed by atoms with E-state index in [0.29, 0.717) is 0 Å². The number of phosphoric ester groups is 1. The molecule has 7 heteroatoms. The number of rotatable bonds is 17. The first-order valence-corrected chi connectivity index (χ1v) is 12.0. The molecule has 0 aromatic carbocycles. The van der Waals surface area contributed by atoms with Crippen LogP contribution in [-0.4, -0.2) is 32.6 Å². The smallest absolute Gasteiger partial charge is 0.387 e. The van der Waals surface area contributed by atoms with Crippen LogP contribution >= 0.6 is 7.82 Å². The highest BCUT2D eigenvalue weighted by Crippen LogP contribution is 2.42. The van der Waals surface area contributed by atoms with E-state index in [0.717, 1.165) is 12.8 Å². The summed E-state index contributed by atoms with van der Waals surface area (Å²) < 4.78 is 15.7. The summed E-state index contributed by atoms with van der Waals surface area (Å²) in [5.41, 5.74) is 4.55. The monoisotopic (exact) mass is 407 g/mol. The number of nitrogens with two attached hydrogens (primary N) is 1. The Hall–Kier alpha value is -0.230. The van der Waals surface area contributed by atoms with Crippen molar-refractivity contribution in [2.45, 2.75) is 116 Å². The average Bonchev–Trinajstić information content (AvgIpc) is 2.56. The topological polar surface area (TPSA) is 113 Å². The van der Waals surface area contributed by atoms with Gasteiger partial charge in [-0.25, -0.2) is 4.57 Å². The van der Waals surface area contributed by atoms with E-state index >= 15 is 0 Å². The van der Waals surface area contributed by atoms with Crippen LogP contribution < -0.4 is 5.73 Å². The maximum atomic E-state index is 11.0. The second-order valence-corrected chi connectivity index (χ2v) is 9.12. The predicted octanol–water partition coefficient (Wildman–Crippen LogP) is 4.82. The van der Waals surface area contributed by atoms with Crippen molar-refractivity contribution in [2.24, 2.45) is 5.73 Å². The van der Waals surface area contributed by atoms with E-state index < -0.39 is 25.6 Å². The second-order valence-electron chi connectivity index (χ2n) is 7.95. The fourth-order valence-corrected chi connectivity index (χ4v) is 3.80. The van der Waals surface area contributed by atoms with Gasteiger partial charge in [0.05, 0.1) is 17.7 Å². The molecule has 2 unspecified atom stereocenters. The Morgan fingerprint density at radius 3 is 1.85 bits per heavy atom. The maximum Gasteiger partial charge on any atom is 0.470 e. The molecule has 0 aliphatic rings. The number of hydrogen-bond acceptors (Lipinski definition) is 4. The Balaban J connectivity index is 3.77. The van der Waals surface area contributed by atoms with Crippen molar-refractivity contribution in [1.82, 2.24) is 0 Å². The second kappa shape index (κ2) is 14.7. The zero-order chi connectivity index (χ0) is 20.8. The van der Waals surface area contributed by atoms with Gasteiger partial charge in [-0.3, -0.25) is 4.52 Å². The van der Waals surface area contributed by atoms with E-state index in [1.807, 2.05) is 6.08 Å². The van der Waals surface area contributed by atoms with E-state index in [4.69, 9.17) is 15.5 Å². The van der Waals surface area contributed by atoms with Gasteiger partial charge in [-0.05, 0) is 26.7 Å². The SMILES string of the molecule is CCCCCCCCCCCCCC=CC(O)C(N)C(C)(C)OP(=O)(O)O. The minimum absolute atomic E-state index is 0.862. The molecule has 0 spiro atoms. The van der Waals surface area contributed by atoms with Gasteiger partial charge in [0.15, 0.2) is 0 Å². The fraction of sp³-hybridized carbons (Fsp3) is 0.900. The van der Waals surface area contributed by atoms with Crippen molar-refractivity contribution in [3.05, 3.63) is 12.2 Å². The number of aliphatic hydroxyl groups is 1. The first-order chi connectivity index (χ1) is 12.6. The highest BCUT2D eigenvalue weighted by molar-refractivity contribution is 7.46. The first-order valence-electron chi connectivity index (χ1n) is 10.5. The number of allylic oxidation sites excluding steroid dienone is 1. The highest BCUT2D eigenvalue weighted by Gasteiger charge is 2.37. The van der Waals surface area contributed by atoms with Crippen LogP contribution in [0.15, 0.2) is 12.2 Å². The molecule has 0 fully saturated rings. The summed E-state index contributed by atoms with van der Waals surface area (Å²) in [6, 6.07) is -0.932. The summed E-state index contributed by atoms with van der Waals surface area (Å²) in [7, 11) is -4.66. The highest BCUT2D eigenvalue weighted by atomic mass is 31.2. The van der Waals surface area contributed by atoms with Crippen molar-refractivity contribution in [3.8, 4) is 0 Å². The van der Waals surface area contributed by atoms with Gasteiger partial charge in [0.1, 0.15) is 0 Å². The number of hydrogen-bond donors (Lipinski definition) is 4. The molecule has 0 saturated carbocycles. The molecule has 5 N–H and O–H groups in total. The number of aliphatic hydroxyl groups excluding tert-OH is 1. The van der Waals surface area contributed by atoms with Crippen molar-refractivity contribution < 1.29 is 24.0 Å². The molecular formula is C20H42NO5P. The fourth-order valence-electron chi connectivity index (χ4n) is 3.06. The lowest BCUT2D eigenvalue weighted by molar-refractivity contribution is 0.00859. The van der Waals surface area contributed by atoms with Crippen molar-refractivity contribution in [3.63, 3.8) is 0 Å². The quantitative estimate of drug-likeness (QED) is 0.156. The molecule has 2 atom stereocenters. The van der Waals surface area contributed by atoms with E-state index in [2.05, 4.69) is 11.4 Å². The minimum atomic E-state index is -4.66. The molecule has 0 aliphatic carbocycles. The lowest BCUT2D eigenvalue weighted by Crippen LogP contribution is -2.51. The van der Waals surface area contributed by atoms with Crippen molar-refractivity contribution in [2.75, 3.05) is 0 Å². The third-order valence-corrected chi connectivity index (χ3v) is 5.54. The van der Waals surface area contributed by atoms with Crippen molar-refractivity contribution in [1.29, 1.82) is 0 Å². The molecule has 0 saturated heterocycles. The summed E-state index contributed by atoms with van der Waals surface area (Å²) in [5, 5.41) is 10.1.